The quantitative estimate of drug-likeness (QED) is 0.805. The predicted octanol–water partition coefficient (Wildman–Crippen LogP) is 4.42. The van der Waals surface area contributed by atoms with Crippen LogP contribution in [-0.2, 0) is 0 Å². The fourth-order valence-corrected chi connectivity index (χ4v) is 3.31. The molecule has 118 valence electrons. The molecule has 0 radical (unpaired) electrons. The highest BCUT2D eigenvalue weighted by molar-refractivity contribution is 9.10. The molecule has 0 spiro atoms. The first-order valence-corrected chi connectivity index (χ1v) is 8.21. The van der Waals surface area contributed by atoms with Gasteiger partial charge in [0.25, 0.3) is 0 Å². The Hall–Kier alpha value is -0.520. The minimum atomic E-state index is -1.21. The summed E-state index contributed by atoms with van der Waals surface area (Å²) in [6.45, 7) is 5.40. The number of benzene rings is 1. The Kier molecular flexibility index (Phi) is 5.38. The number of aliphatic hydroxyl groups excluding tert-OH is 1. The fourth-order valence-electron chi connectivity index (χ4n) is 2.97. The van der Waals surface area contributed by atoms with Gasteiger partial charge in [0.2, 0.25) is 0 Å². The lowest BCUT2D eigenvalue weighted by Crippen LogP contribution is -2.49. The first-order valence-electron chi connectivity index (χ1n) is 7.42. The molecular weight excluding hydrogens is 340 g/mol. The van der Waals surface area contributed by atoms with Gasteiger partial charge in [0, 0.05) is 5.54 Å². The summed E-state index contributed by atoms with van der Waals surface area (Å²) in [5.41, 5.74) is -0.967. The van der Waals surface area contributed by atoms with Crippen LogP contribution in [0.5, 0.6) is 0 Å². The molecule has 1 aliphatic heterocycles. The number of rotatable bonds is 3. The highest BCUT2D eigenvalue weighted by atomic mass is 79.9. The maximum absolute atomic E-state index is 14.2. The molecule has 1 unspecified atom stereocenters. The second kappa shape index (κ2) is 6.71. The van der Waals surface area contributed by atoms with Crippen molar-refractivity contribution in [3.8, 4) is 0 Å². The van der Waals surface area contributed by atoms with Gasteiger partial charge >= 0.3 is 0 Å². The Balaban J connectivity index is 2.33. The van der Waals surface area contributed by atoms with E-state index >= 15 is 0 Å². The van der Waals surface area contributed by atoms with E-state index in [1.54, 1.807) is 0 Å². The number of likely N-dealkylation sites (tertiary alicyclic amines) is 1. The number of hydrogen-bond acceptors (Lipinski definition) is 2. The monoisotopic (exact) mass is 361 g/mol. The molecule has 1 atom stereocenters. The molecule has 1 heterocycles. The second-order valence-corrected chi connectivity index (χ2v) is 7.07. The third-order valence-electron chi connectivity index (χ3n) is 4.44. The van der Waals surface area contributed by atoms with Crippen molar-refractivity contribution in [2.24, 2.45) is 0 Å². The third-order valence-corrected chi connectivity index (χ3v) is 5.06. The van der Waals surface area contributed by atoms with E-state index in [4.69, 9.17) is 0 Å². The Morgan fingerprint density at radius 3 is 2.29 bits per heavy atom. The molecule has 0 aromatic heterocycles. The van der Waals surface area contributed by atoms with Crippen LogP contribution in [0.4, 0.5) is 8.78 Å². The van der Waals surface area contributed by atoms with Crippen LogP contribution >= 0.6 is 15.9 Å². The Morgan fingerprint density at radius 2 is 1.71 bits per heavy atom. The van der Waals surface area contributed by atoms with Crippen molar-refractivity contribution in [1.82, 2.24) is 4.90 Å². The van der Waals surface area contributed by atoms with Crippen LogP contribution in [0, 0.1) is 11.6 Å². The van der Waals surface area contributed by atoms with Crippen LogP contribution in [0.15, 0.2) is 16.6 Å². The standard InChI is InChI=1S/C16H22BrF2NO/c1-16(2,20-9-5-3-4-6-10-20)15(21)13-12(18)8-7-11(17)14(13)19/h7-8,15,21H,3-6,9-10H2,1-2H3. The number of hydrogen-bond donors (Lipinski definition) is 1. The van der Waals surface area contributed by atoms with Crippen molar-refractivity contribution in [3.63, 3.8) is 0 Å². The summed E-state index contributed by atoms with van der Waals surface area (Å²) >= 11 is 3.06. The normalized spacial score (nSPS) is 19.3. The van der Waals surface area contributed by atoms with Crippen LogP contribution in [0.3, 0.4) is 0 Å². The predicted molar refractivity (Wildman–Crippen MR) is 83.1 cm³/mol. The van der Waals surface area contributed by atoms with Gasteiger partial charge in [-0.3, -0.25) is 4.90 Å². The van der Waals surface area contributed by atoms with Crippen molar-refractivity contribution >= 4 is 15.9 Å². The molecule has 0 amide bonds. The molecule has 2 nitrogen and oxygen atoms in total. The highest BCUT2D eigenvalue weighted by Gasteiger charge is 2.38. The zero-order valence-electron chi connectivity index (χ0n) is 12.5. The van der Waals surface area contributed by atoms with Crippen molar-refractivity contribution in [2.45, 2.75) is 51.2 Å². The molecule has 5 heteroatoms. The zero-order chi connectivity index (χ0) is 15.6. The van der Waals surface area contributed by atoms with Crippen molar-refractivity contribution in [3.05, 3.63) is 33.8 Å². The van der Waals surface area contributed by atoms with Crippen molar-refractivity contribution in [1.29, 1.82) is 0 Å². The van der Waals surface area contributed by atoms with Gasteiger partial charge in [-0.25, -0.2) is 8.78 Å². The van der Waals surface area contributed by atoms with E-state index in [9.17, 15) is 13.9 Å². The van der Waals surface area contributed by atoms with Crippen LogP contribution < -0.4 is 0 Å². The van der Waals surface area contributed by atoms with E-state index in [1.165, 1.54) is 25.0 Å². The molecule has 1 saturated heterocycles. The summed E-state index contributed by atoms with van der Waals surface area (Å²) in [6.07, 6.45) is 3.23. The molecule has 1 fully saturated rings. The van der Waals surface area contributed by atoms with E-state index in [1.807, 2.05) is 13.8 Å². The van der Waals surface area contributed by atoms with E-state index in [0.717, 1.165) is 25.9 Å². The SMILES string of the molecule is CC(C)(C(O)c1c(F)ccc(Br)c1F)N1CCCCCC1. The maximum atomic E-state index is 14.2. The Bertz CT molecular complexity index is 499. The number of aliphatic hydroxyl groups is 1. The first-order chi connectivity index (χ1) is 9.85. The van der Waals surface area contributed by atoms with Crippen molar-refractivity contribution < 1.29 is 13.9 Å². The first kappa shape index (κ1) is 16.8. The highest BCUT2D eigenvalue weighted by Crippen LogP contribution is 2.36. The summed E-state index contributed by atoms with van der Waals surface area (Å²) in [4.78, 5) is 2.14. The Morgan fingerprint density at radius 1 is 1.14 bits per heavy atom. The largest absolute Gasteiger partial charge is 0.386 e. The Labute approximate surface area is 133 Å². The average Bonchev–Trinajstić information content (AvgIpc) is 2.72. The summed E-state index contributed by atoms with van der Waals surface area (Å²) in [7, 11) is 0. The van der Waals surface area contributed by atoms with Gasteiger partial charge in [0.15, 0.2) is 0 Å². The van der Waals surface area contributed by atoms with E-state index in [0.29, 0.717) is 0 Å². The minimum absolute atomic E-state index is 0.171. The van der Waals surface area contributed by atoms with E-state index < -0.39 is 23.3 Å². The molecule has 1 aromatic rings. The molecule has 0 bridgehead atoms. The topological polar surface area (TPSA) is 23.5 Å². The summed E-state index contributed by atoms with van der Waals surface area (Å²) in [5, 5.41) is 10.6. The molecule has 0 aliphatic carbocycles. The zero-order valence-corrected chi connectivity index (χ0v) is 14.1. The lowest BCUT2D eigenvalue weighted by atomic mass is 9.88. The van der Waals surface area contributed by atoms with Crippen LogP contribution in [0.2, 0.25) is 0 Å². The smallest absolute Gasteiger partial charge is 0.146 e. The lowest BCUT2D eigenvalue weighted by molar-refractivity contribution is -0.0138. The van der Waals surface area contributed by atoms with E-state index in [2.05, 4.69) is 20.8 Å². The van der Waals surface area contributed by atoms with Crippen LogP contribution in [0.1, 0.15) is 51.2 Å². The molecule has 1 aliphatic rings. The lowest BCUT2D eigenvalue weighted by Gasteiger charge is -2.41. The van der Waals surface area contributed by atoms with Gasteiger partial charge in [-0.15, -0.1) is 0 Å². The average molecular weight is 362 g/mol. The molecule has 21 heavy (non-hydrogen) atoms. The minimum Gasteiger partial charge on any atom is -0.386 e. The van der Waals surface area contributed by atoms with Crippen LogP contribution in [-0.4, -0.2) is 28.6 Å². The molecule has 0 saturated carbocycles. The van der Waals surface area contributed by atoms with Gasteiger partial charge in [0.1, 0.15) is 17.7 Å². The summed E-state index contributed by atoms with van der Waals surface area (Å²) in [5.74, 6) is -1.42. The van der Waals surface area contributed by atoms with Gasteiger partial charge in [0.05, 0.1) is 10.0 Å². The van der Waals surface area contributed by atoms with Gasteiger partial charge in [-0.05, 0) is 67.8 Å². The second-order valence-electron chi connectivity index (χ2n) is 6.21. The number of halogens is 3. The van der Waals surface area contributed by atoms with Gasteiger partial charge in [-0.1, -0.05) is 12.8 Å². The summed E-state index contributed by atoms with van der Waals surface area (Å²) in [6, 6.07) is 2.50. The summed E-state index contributed by atoms with van der Waals surface area (Å²) < 4.78 is 28.4. The van der Waals surface area contributed by atoms with Gasteiger partial charge < -0.3 is 5.11 Å². The maximum Gasteiger partial charge on any atom is 0.146 e. The van der Waals surface area contributed by atoms with Crippen molar-refractivity contribution in [2.75, 3.05) is 13.1 Å². The third kappa shape index (κ3) is 3.46. The fraction of sp³-hybridized carbons (Fsp3) is 0.625. The molecule has 2 rings (SSSR count). The molecule has 1 N–H and O–H groups in total. The number of nitrogens with zero attached hydrogens (tertiary/aromatic N) is 1. The van der Waals surface area contributed by atoms with Crippen LogP contribution in [0.25, 0.3) is 0 Å². The van der Waals surface area contributed by atoms with Gasteiger partial charge in [-0.2, -0.15) is 0 Å². The molecular formula is C16H22BrF2NO. The van der Waals surface area contributed by atoms with E-state index in [-0.39, 0.29) is 10.0 Å². The molecule has 1 aromatic carbocycles.